The standard InChI is InChI=1S/C29H37N3O3S/c1-4-5-15-31(20-22-10-8-17-35-22)16-14-30-28(33)26-23-11-6-7-12-24(23)29(34)32(19-21(2)3)27(26)25-13-9-18-36-25/h6-13,17-18,21,26-27H,4-5,14-16,19-20H2,1-3H3,(H,30,33). The minimum Gasteiger partial charge on any atom is -0.468 e. The van der Waals surface area contributed by atoms with Gasteiger partial charge in [-0.25, -0.2) is 0 Å². The maximum Gasteiger partial charge on any atom is 0.254 e. The number of fused-ring (bicyclic) bond motifs is 1. The zero-order chi connectivity index (χ0) is 25.5. The van der Waals surface area contributed by atoms with Crippen LogP contribution in [-0.4, -0.2) is 47.8 Å². The first-order chi connectivity index (χ1) is 17.5. The summed E-state index contributed by atoms with van der Waals surface area (Å²) in [6.45, 7) is 9.96. The van der Waals surface area contributed by atoms with E-state index in [4.69, 9.17) is 4.42 Å². The van der Waals surface area contributed by atoms with E-state index in [0.717, 1.165) is 48.7 Å². The molecule has 2 atom stereocenters. The molecule has 1 aliphatic heterocycles. The summed E-state index contributed by atoms with van der Waals surface area (Å²) in [5, 5.41) is 5.23. The number of thiophene rings is 1. The molecule has 1 aliphatic rings. The molecule has 7 heteroatoms. The second-order valence-corrected chi connectivity index (χ2v) is 10.9. The van der Waals surface area contributed by atoms with Crippen molar-refractivity contribution in [3.8, 4) is 0 Å². The molecular weight excluding hydrogens is 470 g/mol. The molecule has 0 bridgehead atoms. The molecule has 2 amide bonds. The maximum absolute atomic E-state index is 13.8. The van der Waals surface area contributed by atoms with Crippen molar-refractivity contribution in [2.24, 2.45) is 5.92 Å². The third-order valence-corrected chi connectivity index (χ3v) is 7.58. The number of carbonyl (C=O) groups is 2. The van der Waals surface area contributed by atoms with E-state index < -0.39 is 5.92 Å². The van der Waals surface area contributed by atoms with Crippen LogP contribution in [0.1, 0.15) is 72.1 Å². The summed E-state index contributed by atoms with van der Waals surface area (Å²) in [6, 6.07) is 15.2. The van der Waals surface area contributed by atoms with Crippen LogP contribution in [0.15, 0.2) is 64.6 Å². The molecular formula is C29H37N3O3S. The van der Waals surface area contributed by atoms with Gasteiger partial charge in [0, 0.05) is 30.1 Å². The Morgan fingerprint density at radius 1 is 1.14 bits per heavy atom. The van der Waals surface area contributed by atoms with Crippen molar-refractivity contribution in [2.75, 3.05) is 26.2 Å². The summed E-state index contributed by atoms with van der Waals surface area (Å²) in [6.07, 6.45) is 3.91. The number of benzene rings is 1. The van der Waals surface area contributed by atoms with E-state index in [0.29, 0.717) is 24.6 Å². The van der Waals surface area contributed by atoms with Crippen LogP contribution in [0.2, 0.25) is 0 Å². The van der Waals surface area contributed by atoms with Gasteiger partial charge in [-0.15, -0.1) is 11.3 Å². The number of hydrogen-bond donors (Lipinski definition) is 1. The van der Waals surface area contributed by atoms with Crippen LogP contribution in [-0.2, 0) is 11.3 Å². The van der Waals surface area contributed by atoms with Crippen LogP contribution in [0.3, 0.4) is 0 Å². The van der Waals surface area contributed by atoms with Crippen LogP contribution >= 0.6 is 11.3 Å². The number of nitrogens with zero attached hydrogens (tertiary/aromatic N) is 2. The average Bonchev–Trinajstić information content (AvgIpc) is 3.58. The summed E-state index contributed by atoms with van der Waals surface area (Å²) in [5.74, 6) is 0.741. The van der Waals surface area contributed by atoms with Crippen LogP contribution in [0.4, 0.5) is 0 Å². The number of nitrogens with one attached hydrogen (secondary N) is 1. The summed E-state index contributed by atoms with van der Waals surface area (Å²) in [5.41, 5.74) is 1.45. The van der Waals surface area contributed by atoms with Gasteiger partial charge < -0.3 is 14.6 Å². The van der Waals surface area contributed by atoms with E-state index in [-0.39, 0.29) is 17.9 Å². The Kier molecular flexibility index (Phi) is 8.99. The van der Waals surface area contributed by atoms with E-state index in [1.807, 2.05) is 58.8 Å². The third-order valence-electron chi connectivity index (χ3n) is 6.63. The molecule has 0 saturated heterocycles. The highest BCUT2D eigenvalue weighted by Gasteiger charge is 2.44. The normalized spacial score (nSPS) is 17.6. The molecule has 3 aromatic rings. The maximum atomic E-state index is 13.8. The van der Waals surface area contributed by atoms with Gasteiger partial charge in [0.15, 0.2) is 0 Å². The Balaban J connectivity index is 1.55. The molecule has 0 aliphatic carbocycles. The number of unbranched alkanes of at least 4 members (excludes halogenated alkanes) is 1. The van der Waals surface area contributed by atoms with Crippen molar-refractivity contribution in [1.82, 2.24) is 15.1 Å². The van der Waals surface area contributed by atoms with Crippen LogP contribution in [0.5, 0.6) is 0 Å². The molecule has 2 unspecified atom stereocenters. The van der Waals surface area contributed by atoms with Crippen LogP contribution < -0.4 is 5.32 Å². The zero-order valence-corrected chi connectivity index (χ0v) is 22.3. The second-order valence-electron chi connectivity index (χ2n) is 9.88. The molecule has 2 aromatic heterocycles. The minimum atomic E-state index is -0.453. The van der Waals surface area contributed by atoms with E-state index >= 15 is 0 Å². The lowest BCUT2D eigenvalue weighted by atomic mass is 9.81. The average molecular weight is 508 g/mol. The Hall–Kier alpha value is -2.90. The first-order valence-corrected chi connectivity index (χ1v) is 13.8. The summed E-state index contributed by atoms with van der Waals surface area (Å²) >= 11 is 1.61. The zero-order valence-electron chi connectivity index (χ0n) is 21.5. The predicted octanol–water partition coefficient (Wildman–Crippen LogP) is 5.70. The number of hydrogen-bond acceptors (Lipinski definition) is 5. The Morgan fingerprint density at radius 3 is 2.67 bits per heavy atom. The molecule has 1 aromatic carbocycles. The highest BCUT2D eigenvalue weighted by atomic mass is 32.1. The molecule has 192 valence electrons. The summed E-state index contributed by atoms with van der Waals surface area (Å²) in [4.78, 5) is 32.7. The predicted molar refractivity (Wildman–Crippen MR) is 144 cm³/mol. The van der Waals surface area contributed by atoms with Gasteiger partial charge in [-0.1, -0.05) is 51.5 Å². The van der Waals surface area contributed by atoms with Crippen molar-refractivity contribution < 1.29 is 14.0 Å². The second kappa shape index (κ2) is 12.4. The van der Waals surface area contributed by atoms with E-state index in [9.17, 15) is 9.59 Å². The van der Waals surface area contributed by atoms with Gasteiger partial charge in [-0.3, -0.25) is 14.5 Å². The van der Waals surface area contributed by atoms with Gasteiger partial charge in [0.25, 0.3) is 5.91 Å². The first-order valence-electron chi connectivity index (χ1n) is 12.9. The SMILES string of the molecule is CCCCN(CCNC(=O)C1c2ccccc2C(=O)N(CC(C)C)C1c1cccs1)Cc1ccco1. The fourth-order valence-electron chi connectivity index (χ4n) is 4.97. The smallest absolute Gasteiger partial charge is 0.254 e. The molecule has 0 spiro atoms. The highest BCUT2D eigenvalue weighted by Crippen LogP contribution is 2.44. The Bertz CT molecular complexity index is 1110. The van der Waals surface area contributed by atoms with Gasteiger partial charge >= 0.3 is 0 Å². The number of rotatable bonds is 12. The van der Waals surface area contributed by atoms with Crippen molar-refractivity contribution in [3.05, 3.63) is 81.9 Å². The lowest BCUT2D eigenvalue weighted by Gasteiger charge is -2.42. The first kappa shape index (κ1) is 26.2. The molecule has 4 rings (SSSR count). The van der Waals surface area contributed by atoms with Crippen molar-refractivity contribution in [3.63, 3.8) is 0 Å². The molecule has 0 saturated carbocycles. The van der Waals surface area contributed by atoms with Gasteiger partial charge in [-0.05, 0) is 54.1 Å². The Morgan fingerprint density at radius 2 is 1.97 bits per heavy atom. The molecule has 6 nitrogen and oxygen atoms in total. The van der Waals surface area contributed by atoms with Gasteiger partial charge in [-0.2, -0.15) is 0 Å². The van der Waals surface area contributed by atoms with Gasteiger partial charge in [0.1, 0.15) is 5.76 Å². The quantitative estimate of drug-likeness (QED) is 0.342. The van der Waals surface area contributed by atoms with E-state index in [2.05, 4.69) is 31.0 Å². The summed E-state index contributed by atoms with van der Waals surface area (Å²) < 4.78 is 5.55. The van der Waals surface area contributed by atoms with Crippen molar-refractivity contribution in [1.29, 1.82) is 0 Å². The lowest BCUT2D eigenvalue weighted by Crippen LogP contribution is -2.49. The summed E-state index contributed by atoms with van der Waals surface area (Å²) in [7, 11) is 0. The number of amides is 2. The highest BCUT2D eigenvalue weighted by molar-refractivity contribution is 7.10. The fraction of sp³-hybridized carbons (Fsp3) is 0.448. The largest absolute Gasteiger partial charge is 0.468 e. The van der Waals surface area contributed by atoms with Crippen LogP contribution in [0.25, 0.3) is 0 Å². The number of carbonyl (C=O) groups excluding carboxylic acids is 2. The van der Waals surface area contributed by atoms with Crippen molar-refractivity contribution >= 4 is 23.2 Å². The monoisotopic (exact) mass is 507 g/mol. The molecule has 0 radical (unpaired) electrons. The molecule has 1 N–H and O–H groups in total. The Labute approximate surface area is 218 Å². The van der Waals surface area contributed by atoms with Crippen LogP contribution in [0, 0.1) is 5.92 Å². The van der Waals surface area contributed by atoms with Crippen molar-refractivity contribution in [2.45, 2.75) is 52.1 Å². The topological polar surface area (TPSA) is 65.8 Å². The lowest BCUT2D eigenvalue weighted by molar-refractivity contribution is -0.124. The van der Waals surface area contributed by atoms with E-state index in [1.54, 1.807) is 17.6 Å². The molecule has 0 fully saturated rings. The third kappa shape index (κ3) is 6.08. The van der Waals surface area contributed by atoms with Gasteiger partial charge in [0.05, 0.1) is 24.8 Å². The minimum absolute atomic E-state index is 0.00550. The number of furan rings is 1. The molecule has 3 heterocycles. The van der Waals surface area contributed by atoms with Gasteiger partial charge in [0.2, 0.25) is 5.91 Å². The fourth-order valence-corrected chi connectivity index (χ4v) is 5.84. The molecule has 36 heavy (non-hydrogen) atoms. The van der Waals surface area contributed by atoms with E-state index in [1.165, 1.54) is 0 Å².